The van der Waals surface area contributed by atoms with E-state index in [4.69, 9.17) is 0 Å². The summed E-state index contributed by atoms with van der Waals surface area (Å²) >= 11 is 3.28. The van der Waals surface area contributed by atoms with Crippen molar-refractivity contribution in [2.24, 2.45) is 0 Å². The Morgan fingerprint density at radius 3 is 2.40 bits per heavy atom. The van der Waals surface area contributed by atoms with E-state index in [1.165, 1.54) is 10.4 Å². The van der Waals surface area contributed by atoms with Crippen LogP contribution in [0.4, 0.5) is 5.69 Å². The molecule has 7 heteroatoms. The van der Waals surface area contributed by atoms with Gasteiger partial charge >= 0.3 is 0 Å². The van der Waals surface area contributed by atoms with Crippen LogP contribution >= 0.6 is 15.9 Å². The van der Waals surface area contributed by atoms with Gasteiger partial charge in [-0.15, -0.1) is 0 Å². The summed E-state index contributed by atoms with van der Waals surface area (Å²) in [7, 11) is -3.66. The average molecular weight is 425 g/mol. The number of carbonyl (C=O) groups is 1. The minimum atomic E-state index is -3.66. The molecule has 0 radical (unpaired) electrons. The molecule has 0 aliphatic heterocycles. The molecule has 2 aromatic rings. The van der Waals surface area contributed by atoms with E-state index in [2.05, 4.69) is 21.2 Å². The monoisotopic (exact) mass is 424 g/mol. The molecule has 0 bridgehead atoms. The predicted molar refractivity (Wildman–Crippen MR) is 103 cm³/mol. The number of nitrogens with one attached hydrogen (secondary N) is 1. The normalized spacial score (nSPS) is 11.6. The van der Waals surface area contributed by atoms with E-state index in [9.17, 15) is 13.2 Å². The molecule has 0 saturated carbocycles. The Bertz CT molecular complexity index is 878. The molecule has 5 nitrogen and oxygen atoms in total. The lowest BCUT2D eigenvalue weighted by Gasteiger charge is -2.19. The number of carbonyl (C=O) groups excluding carboxylic acids is 1. The molecule has 1 N–H and O–H groups in total. The fraction of sp³-hybridized carbons (Fsp3) is 0.278. The Labute approximate surface area is 157 Å². The molecule has 2 aromatic carbocycles. The Morgan fingerprint density at radius 2 is 1.80 bits per heavy atom. The number of hydrogen-bond donors (Lipinski definition) is 1. The molecule has 0 saturated heterocycles. The zero-order valence-corrected chi connectivity index (χ0v) is 16.8. The van der Waals surface area contributed by atoms with Crippen LogP contribution in [-0.4, -0.2) is 31.7 Å². The first-order valence-corrected chi connectivity index (χ1v) is 10.2. The second-order valence-corrected chi connectivity index (χ2v) is 8.32. The van der Waals surface area contributed by atoms with Gasteiger partial charge in [-0.3, -0.25) is 4.79 Å². The molecule has 0 aliphatic rings. The van der Waals surface area contributed by atoms with Crippen molar-refractivity contribution < 1.29 is 13.2 Å². The Hall–Kier alpha value is -1.70. The van der Waals surface area contributed by atoms with Crippen molar-refractivity contribution in [1.82, 2.24) is 4.31 Å². The van der Waals surface area contributed by atoms with E-state index in [1.807, 2.05) is 25.1 Å². The number of nitrogens with zero attached hydrogens (tertiary/aromatic N) is 1. The molecule has 134 valence electrons. The lowest BCUT2D eigenvalue weighted by Crippen LogP contribution is -2.31. The quantitative estimate of drug-likeness (QED) is 0.760. The minimum Gasteiger partial charge on any atom is -0.322 e. The number of aryl methyl sites for hydroxylation is 1. The fourth-order valence-electron chi connectivity index (χ4n) is 2.47. The second-order valence-electron chi connectivity index (χ2n) is 5.56. The largest absolute Gasteiger partial charge is 0.322 e. The SMILES string of the molecule is CCN(CC)S(=O)(=O)c1cc(C(=O)Nc2cccc(C)c2)ccc1Br. The third-order valence-electron chi connectivity index (χ3n) is 3.79. The molecule has 0 atom stereocenters. The van der Waals surface area contributed by atoms with Crippen molar-refractivity contribution in [3.63, 3.8) is 0 Å². The number of anilines is 1. The maximum absolute atomic E-state index is 12.8. The first kappa shape index (κ1) is 19.6. The summed E-state index contributed by atoms with van der Waals surface area (Å²) in [6.45, 7) is 6.23. The van der Waals surface area contributed by atoms with Gasteiger partial charge in [0, 0.05) is 28.8 Å². The third kappa shape index (κ3) is 4.48. The van der Waals surface area contributed by atoms with Crippen molar-refractivity contribution in [3.05, 3.63) is 58.1 Å². The van der Waals surface area contributed by atoms with Gasteiger partial charge in [-0.25, -0.2) is 8.42 Å². The number of rotatable bonds is 6. The number of sulfonamides is 1. The van der Waals surface area contributed by atoms with E-state index in [0.717, 1.165) is 5.56 Å². The van der Waals surface area contributed by atoms with Crippen molar-refractivity contribution in [2.45, 2.75) is 25.7 Å². The Morgan fingerprint density at radius 1 is 1.12 bits per heavy atom. The summed E-state index contributed by atoms with van der Waals surface area (Å²) in [4.78, 5) is 12.6. The van der Waals surface area contributed by atoms with Gasteiger partial charge in [0.2, 0.25) is 10.0 Å². The molecule has 0 heterocycles. The molecular weight excluding hydrogens is 404 g/mol. The molecule has 0 fully saturated rings. The summed E-state index contributed by atoms with van der Waals surface area (Å²) in [6, 6.07) is 12.0. The number of halogens is 1. The van der Waals surface area contributed by atoms with Crippen molar-refractivity contribution >= 4 is 37.5 Å². The predicted octanol–water partition coefficient (Wildman–Crippen LogP) is 4.04. The zero-order valence-electron chi connectivity index (χ0n) is 14.4. The third-order valence-corrected chi connectivity index (χ3v) is 6.84. The number of hydrogen-bond acceptors (Lipinski definition) is 3. The van der Waals surface area contributed by atoms with E-state index in [1.54, 1.807) is 32.0 Å². The van der Waals surface area contributed by atoms with E-state index >= 15 is 0 Å². The molecule has 0 aliphatic carbocycles. The molecule has 1 amide bonds. The van der Waals surface area contributed by atoms with Crippen LogP contribution in [0.5, 0.6) is 0 Å². The smallest absolute Gasteiger partial charge is 0.255 e. The van der Waals surface area contributed by atoms with E-state index in [0.29, 0.717) is 23.2 Å². The number of benzene rings is 2. The van der Waals surface area contributed by atoms with Gasteiger partial charge in [-0.05, 0) is 58.7 Å². The summed E-state index contributed by atoms with van der Waals surface area (Å²) in [5, 5.41) is 2.79. The van der Waals surface area contributed by atoms with Crippen LogP contribution in [0.3, 0.4) is 0 Å². The van der Waals surface area contributed by atoms with Crippen molar-refractivity contribution in [2.75, 3.05) is 18.4 Å². The van der Waals surface area contributed by atoms with Gasteiger partial charge in [0.05, 0.1) is 4.90 Å². The first-order chi connectivity index (χ1) is 11.8. The lowest BCUT2D eigenvalue weighted by atomic mass is 10.2. The summed E-state index contributed by atoms with van der Waals surface area (Å²) in [5.41, 5.74) is 1.98. The van der Waals surface area contributed by atoms with Gasteiger partial charge in [0.25, 0.3) is 5.91 Å². The van der Waals surface area contributed by atoms with Crippen LogP contribution in [-0.2, 0) is 10.0 Å². The van der Waals surface area contributed by atoms with Crippen LogP contribution in [0.1, 0.15) is 29.8 Å². The van der Waals surface area contributed by atoms with Gasteiger partial charge in [-0.2, -0.15) is 4.31 Å². The maximum Gasteiger partial charge on any atom is 0.255 e. The lowest BCUT2D eigenvalue weighted by molar-refractivity contribution is 0.102. The Kier molecular flexibility index (Phi) is 6.37. The minimum absolute atomic E-state index is 0.0908. The van der Waals surface area contributed by atoms with Gasteiger partial charge in [0.1, 0.15) is 0 Å². The summed E-state index contributed by atoms with van der Waals surface area (Å²) < 4.78 is 27.3. The van der Waals surface area contributed by atoms with Crippen LogP contribution in [0.15, 0.2) is 51.8 Å². The van der Waals surface area contributed by atoms with Gasteiger partial charge < -0.3 is 5.32 Å². The first-order valence-electron chi connectivity index (χ1n) is 7.97. The summed E-state index contributed by atoms with van der Waals surface area (Å²) in [5.74, 6) is -0.353. The highest BCUT2D eigenvalue weighted by atomic mass is 79.9. The number of amides is 1. The highest BCUT2D eigenvalue weighted by molar-refractivity contribution is 9.10. The standard InChI is InChI=1S/C18H21BrN2O3S/c1-4-21(5-2)25(23,24)17-12-14(9-10-16(17)19)18(22)20-15-8-6-7-13(3)11-15/h6-12H,4-5H2,1-3H3,(H,20,22). The van der Waals surface area contributed by atoms with Crippen LogP contribution in [0, 0.1) is 6.92 Å². The molecule has 2 rings (SSSR count). The van der Waals surface area contributed by atoms with Crippen LogP contribution in [0.25, 0.3) is 0 Å². The van der Waals surface area contributed by atoms with Gasteiger partial charge in [0.15, 0.2) is 0 Å². The van der Waals surface area contributed by atoms with Crippen molar-refractivity contribution in [3.8, 4) is 0 Å². The molecule has 0 spiro atoms. The molecule has 25 heavy (non-hydrogen) atoms. The highest BCUT2D eigenvalue weighted by Gasteiger charge is 2.25. The average Bonchev–Trinajstić information content (AvgIpc) is 2.55. The second kappa shape index (κ2) is 8.12. The molecule has 0 unspecified atom stereocenters. The van der Waals surface area contributed by atoms with Crippen molar-refractivity contribution in [1.29, 1.82) is 0 Å². The topological polar surface area (TPSA) is 66.5 Å². The molecule has 0 aromatic heterocycles. The molecular formula is C18H21BrN2O3S. The maximum atomic E-state index is 12.8. The van der Waals surface area contributed by atoms with E-state index < -0.39 is 10.0 Å². The van der Waals surface area contributed by atoms with Crippen LogP contribution in [0.2, 0.25) is 0 Å². The van der Waals surface area contributed by atoms with Crippen LogP contribution < -0.4 is 5.32 Å². The zero-order chi connectivity index (χ0) is 18.6. The Balaban J connectivity index is 2.37. The highest BCUT2D eigenvalue weighted by Crippen LogP contribution is 2.26. The fourth-order valence-corrected chi connectivity index (χ4v) is 4.88. The summed E-state index contributed by atoms with van der Waals surface area (Å²) in [6.07, 6.45) is 0. The van der Waals surface area contributed by atoms with E-state index in [-0.39, 0.29) is 16.4 Å². The van der Waals surface area contributed by atoms with Gasteiger partial charge in [-0.1, -0.05) is 26.0 Å².